The first-order valence-electron chi connectivity index (χ1n) is 33.3. The Balaban J connectivity index is 0.602. The van der Waals surface area contributed by atoms with Crippen molar-refractivity contribution < 1.29 is 68.9 Å². The molecule has 5 amide bonds. The van der Waals surface area contributed by atoms with Gasteiger partial charge in [-0.15, -0.1) is 0 Å². The van der Waals surface area contributed by atoms with Crippen LogP contribution in [-0.4, -0.2) is 161 Å². The molecular formula is C74H85F7N8O8. The maximum atomic E-state index is 14.2. The second-order valence-corrected chi connectivity index (χ2v) is 25.9. The lowest BCUT2D eigenvalue weighted by Crippen LogP contribution is -2.49. The lowest BCUT2D eigenvalue weighted by Gasteiger charge is -2.44. The highest BCUT2D eigenvalue weighted by atomic mass is 19.4. The molecule has 3 saturated heterocycles. The number of rotatable bonds is 26. The van der Waals surface area contributed by atoms with Gasteiger partial charge in [-0.05, 0) is 154 Å². The maximum absolute atomic E-state index is 14.2. The molecule has 16 nitrogen and oxygen atoms in total. The van der Waals surface area contributed by atoms with Gasteiger partial charge in [0.2, 0.25) is 17.7 Å². The van der Waals surface area contributed by atoms with Crippen molar-refractivity contribution in [2.45, 2.75) is 113 Å². The Labute approximate surface area is 562 Å². The lowest BCUT2D eigenvalue weighted by molar-refractivity contribution is -0.143. The standard InChI is InChI=1S/C74H85F7N8O8/c1-84(37-13-5-8-21-67(91)85(2)43-44-87-38-31-61(32-39-87)97-70(94)83-64-20-12-10-18-62(64)52-15-6-4-7-16-52)59-27-29-60(30-28-59)86(3)68(92)22-14-36-82-66(90)49-95-65-47-53-17-9-11-19-63(53)71(65)33-40-88(41-34-71)42-35-72(55-23-25-58(75)26-24-55)50-89(51-96-72)69(93)54-45-56(73(76,77)78)48-57(46-54)74(79,80)81/h4,6-7,9-12,15-20,23-30,45-46,48,61,65H,5,8,13-14,21-22,31-44,47,49-51H2,1-3H3,(H,82,90)(H,83,94)/t65-,72-/m0/s1. The van der Waals surface area contributed by atoms with Crippen LogP contribution in [0.1, 0.15) is 109 Å². The highest BCUT2D eigenvalue weighted by Gasteiger charge is 2.50. The number of nitrogens with zero attached hydrogens (tertiary/aromatic N) is 6. The topological polar surface area (TPSA) is 157 Å². The van der Waals surface area contributed by atoms with Crippen LogP contribution in [0, 0.1) is 5.82 Å². The molecule has 0 saturated carbocycles. The molecule has 1 aliphatic carbocycles. The number of para-hydroxylation sites is 1. The van der Waals surface area contributed by atoms with E-state index in [4.69, 9.17) is 14.2 Å². The molecule has 4 aliphatic rings. The van der Waals surface area contributed by atoms with Gasteiger partial charge in [-0.2, -0.15) is 26.3 Å². The van der Waals surface area contributed by atoms with Gasteiger partial charge >= 0.3 is 18.4 Å². The quantitative estimate of drug-likeness (QED) is 0.0394. The number of ether oxygens (including phenoxy) is 3. The van der Waals surface area contributed by atoms with Crippen molar-refractivity contribution in [1.29, 1.82) is 0 Å². The van der Waals surface area contributed by atoms with E-state index >= 15 is 0 Å². The monoisotopic (exact) mass is 1350 g/mol. The number of piperidine rings is 2. The first-order chi connectivity index (χ1) is 46.5. The predicted molar refractivity (Wildman–Crippen MR) is 356 cm³/mol. The number of carbonyl (C=O) groups excluding carboxylic acids is 5. The molecule has 3 aliphatic heterocycles. The molecule has 6 aromatic rings. The van der Waals surface area contributed by atoms with Crippen molar-refractivity contribution in [1.82, 2.24) is 24.9 Å². The van der Waals surface area contributed by atoms with E-state index in [9.17, 15) is 54.7 Å². The fraction of sp³-hybridized carbons (Fsp3) is 0.446. The minimum absolute atomic E-state index is 0.0299. The van der Waals surface area contributed by atoms with Gasteiger partial charge in [-0.3, -0.25) is 24.5 Å². The molecule has 0 radical (unpaired) electrons. The van der Waals surface area contributed by atoms with Crippen LogP contribution >= 0.6 is 0 Å². The van der Waals surface area contributed by atoms with Gasteiger partial charge < -0.3 is 48.9 Å². The minimum atomic E-state index is -5.15. The van der Waals surface area contributed by atoms with Crippen molar-refractivity contribution in [3.8, 4) is 11.1 Å². The van der Waals surface area contributed by atoms with Crippen molar-refractivity contribution in [3.63, 3.8) is 0 Å². The summed E-state index contributed by atoms with van der Waals surface area (Å²) in [7, 11) is 5.61. The number of hydrogen-bond donors (Lipinski definition) is 2. The Hall–Kier alpha value is -8.38. The molecule has 518 valence electrons. The number of halogens is 7. The molecule has 3 fully saturated rings. The molecule has 2 atom stereocenters. The van der Waals surface area contributed by atoms with Crippen LogP contribution in [0.3, 0.4) is 0 Å². The molecule has 10 rings (SSSR count). The third-order valence-electron chi connectivity index (χ3n) is 19.6. The van der Waals surface area contributed by atoms with Gasteiger partial charge in [-0.1, -0.05) is 91.3 Å². The first-order valence-corrected chi connectivity index (χ1v) is 33.3. The van der Waals surface area contributed by atoms with Crippen LogP contribution < -0.4 is 20.4 Å². The lowest BCUT2D eigenvalue weighted by atomic mass is 9.72. The van der Waals surface area contributed by atoms with Crippen LogP contribution in [-0.2, 0) is 58.4 Å². The number of amides is 5. The van der Waals surface area contributed by atoms with Gasteiger partial charge in [0.25, 0.3) is 5.91 Å². The van der Waals surface area contributed by atoms with Crippen LogP contribution in [0.15, 0.2) is 146 Å². The average Bonchev–Trinajstić information content (AvgIpc) is 1.62. The maximum Gasteiger partial charge on any atom is 0.416 e. The zero-order chi connectivity index (χ0) is 68.9. The fourth-order valence-corrected chi connectivity index (χ4v) is 13.8. The zero-order valence-corrected chi connectivity index (χ0v) is 55.1. The van der Waals surface area contributed by atoms with Crippen LogP contribution in [0.5, 0.6) is 0 Å². The number of likely N-dealkylation sites (tertiary alicyclic amines) is 2. The van der Waals surface area contributed by atoms with Gasteiger partial charge in [0.05, 0.1) is 29.5 Å². The van der Waals surface area contributed by atoms with E-state index in [0.717, 1.165) is 96.8 Å². The Bertz CT molecular complexity index is 3630. The summed E-state index contributed by atoms with van der Waals surface area (Å²) in [5.74, 6) is -1.89. The van der Waals surface area contributed by atoms with Crippen LogP contribution in [0.2, 0.25) is 0 Å². The van der Waals surface area contributed by atoms with E-state index in [1.807, 2.05) is 105 Å². The van der Waals surface area contributed by atoms with Crippen molar-refractivity contribution >= 4 is 46.8 Å². The number of nitrogens with one attached hydrogen (secondary N) is 2. The van der Waals surface area contributed by atoms with E-state index in [1.165, 1.54) is 24.3 Å². The Morgan fingerprint density at radius 2 is 1.31 bits per heavy atom. The normalized spacial score (nSPS) is 18.2. The summed E-state index contributed by atoms with van der Waals surface area (Å²) in [5.41, 5.74) is 1.48. The molecule has 0 unspecified atom stereocenters. The largest absolute Gasteiger partial charge is 0.446 e. The molecule has 0 aromatic heterocycles. The summed E-state index contributed by atoms with van der Waals surface area (Å²) in [4.78, 5) is 77.5. The Morgan fingerprint density at radius 3 is 2.01 bits per heavy atom. The highest BCUT2D eigenvalue weighted by Crippen LogP contribution is 2.48. The van der Waals surface area contributed by atoms with E-state index in [0.29, 0.717) is 81.7 Å². The highest BCUT2D eigenvalue weighted by molar-refractivity contribution is 5.95. The third-order valence-corrected chi connectivity index (χ3v) is 19.6. The molecule has 0 bridgehead atoms. The van der Waals surface area contributed by atoms with Crippen molar-refractivity contribution in [2.24, 2.45) is 0 Å². The van der Waals surface area contributed by atoms with Gasteiger partial charge in [0.1, 0.15) is 30.9 Å². The van der Waals surface area contributed by atoms with Crippen molar-refractivity contribution in [2.75, 3.05) is 115 Å². The second kappa shape index (κ2) is 31.9. The number of alkyl halides is 6. The molecular weight excluding hydrogens is 1260 g/mol. The van der Waals surface area contributed by atoms with E-state index in [-0.39, 0.29) is 68.5 Å². The smallest absolute Gasteiger partial charge is 0.416 e. The van der Waals surface area contributed by atoms with Gasteiger partial charge in [0, 0.05) is 108 Å². The fourth-order valence-electron chi connectivity index (χ4n) is 13.8. The van der Waals surface area contributed by atoms with E-state index in [2.05, 4.69) is 37.5 Å². The van der Waals surface area contributed by atoms with Gasteiger partial charge in [-0.25, -0.2) is 9.18 Å². The summed E-state index contributed by atoms with van der Waals surface area (Å²) in [6, 6.07) is 39.7. The second-order valence-electron chi connectivity index (χ2n) is 25.9. The number of unbranched alkanes of at least 4 members (excludes halogenated alkanes) is 2. The third kappa shape index (κ3) is 18.2. The molecule has 23 heteroatoms. The van der Waals surface area contributed by atoms with Crippen LogP contribution in [0.25, 0.3) is 11.1 Å². The Morgan fingerprint density at radius 1 is 0.670 bits per heavy atom. The SMILES string of the molecule is CN(CCN1CCC(OC(=O)Nc2ccccc2-c2ccccc2)CC1)C(=O)CCCCCN(C)c1ccc(N(C)C(=O)CCCNC(=O)CO[C@H]2Cc3ccccc3C23CCN(CC[C@@]2(c4ccc(F)cc4)CN(C(=O)c4cc(C(F)(F)F)cc(C(F)(F)F)c4)CO2)CC3)cc1. The molecule has 1 spiro atoms. The predicted octanol–water partition coefficient (Wildman–Crippen LogP) is 12.9. The zero-order valence-electron chi connectivity index (χ0n) is 55.1. The summed E-state index contributed by atoms with van der Waals surface area (Å²) in [6.07, 6.45) is -3.89. The number of hydrogen-bond acceptors (Lipinski definition) is 11. The summed E-state index contributed by atoms with van der Waals surface area (Å²) >= 11 is 0. The molecule has 2 N–H and O–H groups in total. The number of likely N-dealkylation sites (N-methyl/N-ethyl adjacent to an activating group) is 1. The molecule has 97 heavy (non-hydrogen) atoms. The minimum Gasteiger partial charge on any atom is -0.446 e. The average molecular weight is 1350 g/mol. The summed E-state index contributed by atoms with van der Waals surface area (Å²) < 4.78 is 115. The van der Waals surface area contributed by atoms with E-state index < -0.39 is 64.6 Å². The van der Waals surface area contributed by atoms with Gasteiger partial charge in [0.15, 0.2) is 0 Å². The van der Waals surface area contributed by atoms with Crippen molar-refractivity contribution in [3.05, 3.63) is 185 Å². The summed E-state index contributed by atoms with van der Waals surface area (Å²) in [5, 5.41) is 5.85. The number of anilines is 3. The number of benzene rings is 6. The Kier molecular flexibility index (Phi) is 23.5. The molecule has 3 heterocycles. The summed E-state index contributed by atoms with van der Waals surface area (Å²) in [6.45, 7) is 4.82. The number of carbonyl (C=O) groups is 5. The van der Waals surface area contributed by atoms with Crippen LogP contribution in [0.4, 0.5) is 52.6 Å². The number of fused-ring (bicyclic) bond motifs is 2. The molecule has 6 aromatic carbocycles. The van der Waals surface area contributed by atoms with E-state index in [1.54, 1.807) is 16.8 Å². The first kappa shape index (κ1) is 71.4.